The zero-order chi connectivity index (χ0) is 12.1. The highest BCUT2D eigenvalue weighted by Gasteiger charge is 2.13. The van der Waals surface area contributed by atoms with Crippen LogP contribution in [0, 0.1) is 12.8 Å². The lowest BCUT2D eigenvalue weighted by Gasteiger charge is -2.10. The molecule has 1 aromatic rings. The average molecular weight is 239 g/mol. The first-order chi connectivity index (χ1) is 7.54. The van der Waals surface area contributed by atoms with Crippen LogP contribution in [-0.4, -0.2) is 5.78 Å². The van der Waals surface area contributed by atoms with Crippen LogP contribution in [0.15, 0.2) is 18.2 Å². The zero-order valence-corrected chi connectivity index (χ0v) is 11.0. The topological polar surface area (TPSA) is 17.1 Å². The molecule has 0 spiro atoms. The largest absolute Gasteiger partial charge is 0.299 e. The fourth-order valence-electron chi connectivity index (χ4n) is 1.75. The molecule has 2 heteroatoms. The van der Waals surface area contributed by atoms with Gasteiger partial charge in [-0.3, -0.25) is 4.79 Å². The number of rotatable bonds is 5. The number of carbonyl (C=O) groups is 1. The maximum atomic E-state index is 11.9. The summed E-state index contributed by atoms with van der Waals surface area (Å²) in [5.41, 5.74) is 2.07. The minimum Gasteiger partial charge on any atom is -0.299 e. The Morgan fingerprint density at radius 1 is 1.44 bits per heavy atom. The second-order valence-electron chi connectivity index (χ2n) is 4.43. The van der Waals surface area contributed by atoms with Gasteiger partial charge in [0.25, 0.3) is 0 Å². The molecule has 0 N–H and O–H groups in total. The van der Waals surface area contributed by atoms with Crippen molar-refractivity contribution in [3.05, 3.63) is 34.3 Å². The summed E-state index contributed by atoms with van der Waals surface area (Å²) in [6.07, 6.45) is 2.47. The monoisotopic (exact) mass is 238 g/mol. The molecule has 1 aromatic carbocycles. The molecule has 0 aromatic heterocycles. The molecule has 0 aliphatic heterocycles. The smallest absolute Gasteiger partial charge is 0.140 e. The van der Waals surface area contributed by atoms with Gasteiger partial charge in [-0.05, 0) is 30.5 Å². The first-order valence-corrected chi connectivity index (χ1v) is 6.20. The average Bonchev–Trinajstić information content (AvgIpc) is 2.22. The molecular formula is C14H19ClO. The van der Waals surface area contributed by atoms with Crippen LogP contribution in [0.4, 0.5) is 0 Å². The number of benzene rings is 1. The van der Waals surface area contributed by atoms with Crippen molar-refractivity contribution < 1.29 is 4.79 Å². The normalized spacial score (nSPS) is 12.5. The molecule has 0 saturated heterocycles. The molecular weight excluding hydrogens is 220 g/mol. The number of carbonyl (C=O) groups excluding carboxylic acids is 1. The van der Waals surface area contributed by atoms with E-state index < -0.39 is 0 Å². The molecule has 0 saturated carbocycles. The van der Waals surface area contributed by atoms with Gasteiger partial charge >= 0.3 is 0 Å². The molecule has 1 unspecified atom stereocenters. The van der Waals surface area contributed by atoms with Crippen molar-refractivity contribution in [2.24, 2.45) is 5.92 Å². The van der Waals surface area contributed by atoms with Crippen molar-refractivity contribution in [3.8, 4) is 0 Å². The molecule has 0 aliphatic carbocycles. The Morgan fingerprint density at radius 3 is 2.69 bits per heavy atom. The molecule has 0 aliphatic rings. The highest BCUT2D eigenvalue weighted by atomic mass is 35.5. The van der Waals surface area contributed by atoms with Crippen molar-refractivity contribution in [1.29, 1.82) is 0 Å². The standard InChI is InChI=1S/C14H19ClO/c1-4-5-11(3)14(16)9-12-7-6-10(2)8-13(12)15/h6-8,11H,4-5,9H2,1-3H3. The van der Waals surface area contributed by atoms with Gasteiger partial charge < -0.3 is 0 Å². The summed E-state index contributed by atoms with van der Waals surface area (Å²) in [6, 6.07) is 5.86. The molecule has 0 bridgehead atoms. The van der Waals surface area contributed by atoms with Crippen molar-refractivity contribution >= 4 is 17.4 Å². The third kappa shape index (κ3) is 3.64. The Bertz CT molecular complexity index is 371. The lowest BCUT2D eigenvalue weighted by Crippen LogP contribution is -2.13. The molecule has 1 atom stereocenters. The summed E-state index contributed by atoms with van der Waals surface area (Å²) in [4.78, 5) is 11.9. The second-order valence-corrected chi connectivity index (χ2v) is 4.83. The van der Waals surface area contributed by atoms with E-state index in [-0.39, 0.29) is 11.7 Å². The van der Waals surface area contributed by atoms with Crippen molar-refractivity contribution in [1.82, 2.24) is 0 Å². The first kappa shape index (κ1) is 13.2. The minimum atomic E-state index is 0.141. The lowest BCUT2D eigenvalue weighted by atomic mass is 9.95. The van der Waals surface area contributed by atoms with Gasteiger partial charge in [0.1, 0.15) is 5.78 Å². The van der Waals surface area contributed by atoms with E-state index in [1.807, 2.05) is 32.0 Å². The van der Waals surface area contributed by atoms with E-state index in [1.165, 1.54) is 0 Å². The molecule has 0 amide bonds. The van der Waals surface area contributed by atoms with Gasteiger partial charge in [0.2, 0.25) is 0 Å². The summed E-state index contributed by atoms with van der Waals surface area (Å²) >= 11 is 6.10. The quantitative estimate of drug-likeness (QED) is 0.752. The predicted molar refractivity (Wildman–Crippen MR) is 69.0 cm³/mol. The van der Waals surface area contributed by atoms with Crippen molar-refractivity contribution in [3.63, 3.8) is 0 Å². The molecule has 0 fully saturated rings. The van der Waals surface area contributed by atoms with Gasteiger partial charge in [0, 0.05) is 17.4 Å². The van der Waals surface area contributed by atoms with Crippen LogP contribution in [0.5, 0.6) is 0 Å². The Kier molecular flexibility index (Phi) is 5.01. The van der Waals surface area contributed by atoms with Gasteiger partial charge in [-0.2, -0.15) is 0 Å². The molecule has 1 rings (SSSR count). The number of hydrogen-bond acceptors (Lipinski definition) is 1. The van der Waals surface area contributed by atoms with Gasteiger partial charge in [0.05, 0.1) is 0 Å². The molecule has 16 heavy (non-hydrogen) atoms. The van der Waals surface area contributed by atoms with Crippen LogP contribution in [-0.2, 0) is 11.2 Å². The maximum absolute atomic E-state index is 11.9. The fourth-order valence-corrected chi connectivity index (χ4v) is 2.05. The number of hydrogen-bond donors (Lipinski definition) is 0. The number of Topliss-reactive ketones (excluding diaryl/α,β-unsaturated/α-hetero) is 1. The second kappa shape index (κ2) is 6.05. The summed E-state index contributed by atoms with van der Waals surface area (Å²) in [7, 11) is 0. The number of aryl methyl sites for hydroxylation is 1. The summed E-state index contributed by atoms with van der Waals surface area (Å²) in [6.45, 7) is 6.09. The van der Waals surface area contributed by atoms with Crippen LogP contribution in [0.3, 0.4) is 0 Å². The molecule has 0 heterocycles. The number of halogens is 1. The zero-order valence-electron chi connectivity index (χ0n) is 10.2. The van der Waals surface area contributed by atoms with Gasteiger partial charge in [0.15, 0.2) is 0 Å². The Morgan fingerprint density at radius 2 is 2.12 bits per heavy atom. The highest BCUT2D eigenvalue weighted by molar-refractivity contribution is 6.31. The van der Waals surface area contributed by atoms with Crippen LogP contribution in [0.2, 0.25) is 5.02 Å². The van der Waals surface area contributed by atoms with Gasteiger partial charge in [-0.25, -0.2) is 0 Å². The van der Waals surface area contributed by atoms with E-state index in [1.54, 1.807) is 0 Å². The molecule has 1 nitrogen and oxygen atoms in total. The van der Waals surface area contributed by atoms with Gasteiger partial charge in [-0.1, -0.05) is 44.0 Å². The third-order valence-corrected chi connectivity index (χ3v) is 3.20. The Labute approximate surface area is 103 Å². The summed E-state index contributed by atoms with van der Waals surface area (Å²) in [5.74, 6) is 0.426. The van der Waals surface area contributed by atoms with Crippen molar-refractivity contribution in [2.45, 2.75) is 40.0 Å². The third-order valence-electron chi connectivity index (χ3n) is 2.84. The van der Waals surface area contributed by atoms with Crippen LogP contribution in [0.25, 0.3) is 0 Å². The minimum absolute atomic E-state index is 0.141. The van der Waals surface area contributed by atoms with Crippen LogP contribution < -0.4 is 0 Å². The van der Waals surface area contributed by atoms with E-state index >= 15 is 0 Å². The SMILES string of the molecule is CCCC(C)C(=O)Cc1ccc(C)cc1Cl. The van der Waals surface area contributed by atoms with E-state index in [0.29, 0.717) is 11.4 Å². The summed E-state index contributed by atoms with van der Waals surface area (Å²) in [5, 5.41) is 0.706. The van der Waals surface area contributed by atoms with Crippen LogP contribution in [0.1, 0.15) is 37.8 Å². The van der Waals surface area contributed by atoms with E-state index in [9.17, 15) is 4.79 Å². The summed E-state index contributed by atoms with van der Waals surface area (Å²) < 4.78 is 0. The Hall–Kier alpha value is -0.820. The van der Waals surface area contributed by atoms with Crippen molar-refractivity contribution in [2.75, 3.05) is 0 Å². The van der Waals surface area contributed by atoms with E-state index in [4.69, 9.17) is 11.6 Å². The van der Waals surface area contributed by atoms with E-state index in [0.717, 1.165) is 24.0 Å². The Balaban J connectivity index is 2.69. The van der Waals surface area contributed by atoms with Crippen LogP contribution >= 0.6 is 11.6 Å². The predicted octanol–water partition coefficient (Wildman–Crippen LogP) is 4.20. The fraction of sp³-hybridized carbons (Fsp3) is 0.500. The van der Waals surface area contributed by atoms with E-state index in [2.05, 4.69) is 6.92 Å². The molecule has 88 valence electrons. The molecule has 0 radical (unpaired) electrons. The highest BCUT2D eigenvalue weighted by Crippen LogP contribution is 2.20. The number of ketones is 1. The maximum Gasteiger partial charge on any atom is 0.140 e. The van der Waals surface area contributed by atoms with Gasteiger partial charge in [-0.15, -0.1) is 0 Å². The lowest BCUT2D eigenvalue weighted by molar-refractivity contribution is -0.121. The first-order valence-electron chi connectivity index (χ1n) is 5.82.